The summed E-state index contributed by atoms with van der Waals surface area (Å²) in [6, 6.07) is 12.3. The van der Waals surface area contributed by atoms with E-state index in [1.165, 1.54) is 11.1 Å². The van der Waals surface area contributed by atoms with E-state index in [2.05, 4.69) is 29.4 Å². The summed E-state index contributed by atoms with van der Waals surface area (Å²) in [5.41, 5.74) is 9.39. The molecule has 2 rings (SSSR count). The highest BCUT2D eigenvalue weighted by Crippen LogP contribution is 2.17. The third-order valence-corrected chi connectivity index (χ3v) is 2.96. The highest BCUT2D eigenvalue weighted by atomic mass is 15.0. The monoisotopic (exact) mass is 241 g/mol. The molecule has 0 aliphatic rings. The lowest BCUT2D eigenvalue weighted by Crippen LogP contribution is -2.09. The molecule has 1 heterocycles. The molecule has 1 unspecified atom stereocenters. The summed E-state index contributed by atoms with van der Waals surface area (Å²) < 4.78 is 0. The molecule has 0 saturated carbocycles. The maximum absolute atomic E-state index is 5.87. The standard InChI is InChI=1S/C15H19N3/c1-11-8-15(18-10-14(11)12(2)16)17-9-13-6-4-3-5-7-13/h3-8,10,12H,9,16H2,1-2H3,(H,17,18). The Morgan fingerprint density at radius 3 is 2.61 bits per heavy atom. The Kier molecular flexibility index (Phi) is 3.95. The van der Waals surface area contributed by atoms with Gasteiger partial charge >= 0.3 is 0 Å². The van der Waals surface area contributed by atoms with Crippen molar-refractivity contribution < 1.29 is 0 Å². The Balaban J connectivity index is 2.05. The molecule has 1 atom stereocenters. The van der Waals surface area contributed by atoms with E-state index in [1.54, 1.807) is 0 Å². The summed E-state index contributed by atoms with van der Waals surface area (Å²) in [7, 11) is 0. The number of nitrogens with one attached hydrogen (secondary N) is 1. The topological polar surface area (TPSA) is 50.9 Å². The number of hydrogen-bond donors (Lipinski definition) is 2. The molecular formula is C15H19N3. The molecule has 2 aromatic rings. The number of anilines is 1. The summed E-state index contributed by atoms with van der Waals surface area (Å²) in [5.74, 6) is 0.890. The fourth-order valence-electron chi connectivity index (χ4n) is 1.93. The van der Waals surface area contributed by atoms with Gasteiger partial charge in [-0.2, -0.15) is 0 Å². The molecule has 1 aromatic heterocycles. The minimum atomic E-state index is 0.0284. The van der Waals surface area contributed by atoms with Crippen molar-refractivity contribution in [3.05, 3.63) is 59.3 Å². The van der Waals surface area contributed by atoms with Crippen LogP contribution in [0, 0.1) is 6.92 Å². The Morgan fingerprint density at radius 2 is 2.00 bits per heavy atom. The fourth-order valence-corrected chi connectivity index (χ4v) is 1.93. The summed E-state index contributed by atoms with van der Waals surface area (Å²) in [4.78, 5) is 4.38. The van der Waals surface area contributed by atoms with Gasteiger partial charge in [-0.15, -0.1) is 0 Å². The molecule has 1 aromatic carbocycles. The van der Waals surface area contributed by atoms with Crippen LogP contribution < -0.4 is 11.1 Å². The van der Waals surface area contributed by atoms with Crippen LogP contribution in [0.3, 0.4) is 0 Å². The lowest BCUT2D eigenvalue weighted by atomic mass is 10.1. The number of nitrogens with zero attached hydrogens (tertiary/aromatic N) is 1. The molecule has 0 fully saturated rings. The first-order valence-corrected chi connectivity index (χ1v) is 6.16. The summed E-state index contributed by atoms with van der Waals surface area (Å²) in [6.07, 6.45) is 1.85. The van der Waals surface area contributed by atoms with Gasteiger partial charge in [0.05, 0.1) is 0 Å². The predicted molar refractivity (Wildman–Crippen MR) is 75.3 cm³/mol. The van der Waals surface area contributed by atoms with Crippen LogP contribution >= 0.6 is 0 Å². The second kappa shape index (κ2) is 5.65. The molecule has 0 spiro atoms. The predicted octanol–water partition coefficient (Wildman–Crippen LogP) is 3.02. The molecule has 94 valence electrons. The van der Waals surface area contributed by atoms with Crippen LogP contribution in [0.15, 0.2) is 42.6 Å². The van der Waals surface area contributed by atoms with Crippen molar-refractivity contribution in [1.82, 2.24) is 4.98 Å². The average Bonchev–Trinajstić information content (AvgIpc) is 2.37. The van der Waals surface area contributed by atoms with Gasteiger partial charge < -0.3 is 11.1 Å². The van der Waals surface area contributed by atoms with Crippen molar-refractivity contribution in [2.45, 2.75) is 26.4 Å². The van der Waals surface area contributed by atoms with Crippen LogP contribution in [0.2, 0.25) is 0 Å². The van der Waals surface area contributed by atoms with Crippen molar-refractivity contribution in [3.63, 3.8) is 0 Å². The van der Waals surface area contributed by atoms with Crippen LogP contribution in [0.5, 0.6) is 0 Å². The van der Waals surface area contributed by atoms with E-state index in [0.29, 0.717) is 0 Å². The first-order valence-electron chi connectivity index (χ1n) is 6.16. The maximum atomic E-state index is 5.87. The third-order valence-electron chi connectivity index (χ3n) is 2.96. The van der Waals surface area contributed by atoms with E-state index >= 15 is 0 Å². The van der Waals surface area contributed by atoms with Crippen LogP contribution in [-0.2, 0) is 6.54 Å². The van der Waals surface area contributed by atoms with Crippen LogP contribution in [-0.4, -0.2) is 4.98 Å². The molecule has 3 nitrogen and oxygen atoms in total. The molecule has 0 amide bonds. The minimum absolute atomic E-state index is 0.0284. The van der Waals surface area contributed by atoms with E-state index in [4.69, 9.17) is 5.73 Å². The smallest absolute Gasteiger partial charge is 0.126 e. The Morgan fingerprint density at radius 1 is 1.28 bits per heavy atom. The number of rotatable bonds is 4. The van der Waals surface area contributed by atoms with Gasteiger partial charge in [0.1, 0.15) is 5.82 Å². The molecule has 3 N–H and O–H groups in total. The number of aromatic nitrogens is 1. The molecule has 0 radical (unpaired) electrons. The highest BCUT2D eigenvalue weighted by molar-refractivity contribution is 5.42. The second-order valence-corrected chi connectivity index (χ2v) is 4.55. The van der Waals surface area contributed by atoms with E-state index in [-0.39, 0.29) is 6.04 Å². The molecular weight excluding hydrogens is 222 g/mol. The summed E-state index contributed by atoms with van der Waals surface area (Å²) >= 11 is 0. The zero-order valence-corrected chi connectivity index (χ0v) is 10.9. The zero-order chi connectivity index (χ0) is 13.0. The SMILES string of the molecule is Cc1cc(NCc2ccccc2)ncc1C(C)N. The first-order chi connectivity index (χ1) is 8.66. The summed E-state index contributed by atoms with van der Waals surface area (Å²) in [5, 5.41) is 3.32. The van der Waals surface area contributed by atoms with Crippen molar-refractivity contribution in [2.24, 2.45) is 5.73 Å². The van der Waals surface area contributed by atoms with E-state index in [9.17, 15) is 0 Å². The van der Waals surface area contributed by atoms with E-state index in [1.807, 2.05) is 37.4 Å². The van der Waals surface area contributed by atoms with Gasteiger partial charge in [0.25, 0.3) is 0 Å². The number of hydrogen-bond acceptors (Lipinski definition) is 3. The average molecular weight is 241 g/mol. The summed E-state index contributed by atoms with van der Waals surface area (Å²) in [6.45, 7) is 4.82. The van der Waals surface area contributed by atoms with Crippen LogP contribution in [0.4, 0.5) is 5.82 Å². The van der Waals surface area contributed by atoms with Gasteiger partial charge in [-0.05, 0) is 36.6 Å². The molecule has 3 heteroatoms. The van der Waals surface area contributed by atoms with Crippen LogP contribution in [0.1, 0.15) is 29.7 Å². The van der Waals surface area contributed by atoms with Crippen molar-refractivity contribution in [3.8, 4) is 0 Å². The number of pyridine rings is 1. The zero-order valence-electron chi connectivity index (χ0n) is 10.9. The maximum Gasteiger partial charge on any atom is 0.126 e. The van der Waals surface area contributed by atoms with Crippen molar-refractivity contribution in [1.29, 1.82) is 0 Å². The Labute approximate surface area is 108 Å². The van der Waals surface area contributed by atoms with Crippen molar-refractivity contribution >= 4 is 5.82 Å². The molecule has 0 saturated heterocycles. The van der Waals surface area contributed by atoms with E-state index in [0.717, 1.165) is 17.9 Å². The van der Waals surface area contributed by atoms with Gasteiger partial charge in [0.15, 0.2) is 0 Å². The third kappa shape index (κ3) is 3.08. The number of aryl methyl sites for hydroxylation is 1. The molecule has 18 heavy (non-hydrogen) atoms. The van der Waals surface area contributed by atoms with Gasteiger partial charge in [-0.3, -0.25) is 0 Å². The van der Waals surface area contributed by atoms with Gasteiger partial charge in [-0.1, -0.05) is 30.3 Å². The molecule has 0 aliphatic heterocycles. The van der Waals surface area contributed by atoms with Gasteiger partial charge in [0.2, 0.25) is 0 Å². The van der Waals surface area contributed by atoms with Crippen molar-refractivity contribution in [2.75, 3.05) is 5.32 Å². The Hall–Kier alpha value is -1.87. The number of benzene rings is 1. The highest BCUT2D eigenvalue weighted by Gasteiger charge is 2.05. The second-order valence-electron chi connectivity index (χ2n) is 4.55. The quantitative estimate of drug-likeness (QED) is 0.865. The minimum Gasteiger partial charge on any atom is -0.366 e. The fraction of sp³-hybridized carbons (Fsp3) is 0.267. The first kappa shape index (κ1) is 12.6. The lowest BCUT2D eigenvalue weighted by molar-refractivity contribution is 0.803. The van der Waals surface area contributed by atoms with Gasteiger partial charge in [-0.25, -0.2) is 4.98 Å². The largest absolute Gasteiger partial charge is 0.366 e. The lowest BCUT2D eigenvalue weighted by Gasteiger charge is -2.12. The molecule has 0 bridgehead atoms. The normalized spacial score (nSPS) is 12.2. The van der Waals surface area contributed by atoms with Gasteiger partial charge in [0, 0.05) is 18.8 Å². The Bertz CT molecular complexity index is 506. The number of nitrogens with two attached hydrogens (primary N) is 1. The molecule has 0 aliphatic carbocycles. The van der Waals surface area contributed by atoms with E-state index < -0.39 is 0 Å². The van der Waals surface area contributed by atoms with Crippen LogP contribution in [0.25, 0.3) is 0 Å².